The van der Waals surface area contributed by atoms with Crippen LogP contribution in [0, 0.1) is 0 Å². The van der Waals surface area contributed by atoms with Crippen molar-refractivity contribution in [1.29, 1.82) is 0 Å². The van der Waals surface area contributed by atoms with E-state index in [1.807, 2.05) is 55.5 Å². The minimum atomic E-state index is -0.135. The molecular formula is C27H23N3O2S. The van der Waals surface area contributed by atoms with Crippen molar-refractivity contribution in [1.82, 2.24) is 9.88 Å². The first-order chi connectivity index (χ1) is 16.2. The number of carbonyl (C=O) groups is 1. The highest BCUT2D eigenvalue weighted by molar-refractivity contribution is 8.18. The zero-order valence-corrected chi connectivity index (χ0v) is 19.0. The summed E-state index contributed by atoms with van der Waals surface area (Å²) in [5, 5.41) is 4.56. The third kappa shape index (κ3) is 4.71. The number of aliphatic imine (C=N–C) groups is 1. The summed E-state index contributed by atoms with van der Waals surface area (Å²) in [4.78, 5) is 17.8. The standard InChI is InChI=1S/C27H23N3O2S/c1-2-32-22-14-12-21(13-15-22)28-27-29-26(31)25(33-27)16-20-18-30(17-19-8-4-3-5-9-19)24-11-7-6-10-23(20)24/h3-16,18H,2,17H2,1H3,(H,28,29,31). The van der Waals surface area contributed by atoms with E-state index in [1.165, 1.54) is 17.3 Å². The Balaban J connectivity index is 1.42. The van der Waals surface area contributed by atoms with Gasteiger partial charge >= 0.3 is 0 Å². The van der Waals surface area contributed by atoms with Crippen LogP contribution in [-0.2, 0) is 11.3 Å². The van der Waals surface area contributed by atoms with E-state index in [2.05, 4.69) is 57.5 Å². The monoisotopic (exact) mass is 453 g/mol. The highest BCUT2D eigenvalue weighted by Gasteiger charge is 2.24. The van der Waals surface area contributed by atoms with Gasteiger partial charge in [-0.3, -0.25) is 4.79 Å². The summed E-state index contributed by atoms with van der Waals surface area (Å²) < 4.78 is 7.70. The Morgan fingerprint density at radius 2 is 1.76 bits per heavy atom. The first-order valence-corrected chi connectivity index (χ1v) is 11.7. The van der Waals surface area contributed by atoms with Crippen LogP contribution >= 0.6 is 11.8 Å². The Morgan fingerprint density at radius 1 is 1.00 bits per heavy atom. The SMILES string of the molecule is CCOc1ccc(N=C2NC(=O)C(=Cc3cn(Cc4ccccc4)c4ccccc34)S2)cc1. The fourth-order valence-corrected chi connectivity index (χ4v) is 4.66. The molecule has 1 amide bonds. The fourth-order valence-electron chi connectivity index (χ4n) is 3.82. The van der Waals surface area contributed by atoms with Crippen molar-refractivity contribution >= 4 is 45.5 Å². The quantitative estimate of drug-likeness (QED) is 0.366. The molecule has 1 fully saturated rings. The molecule has 164 valence electrons. The summed E-state index contributed by atoms with van der Waals surface area (Å²) >= 11 is 1.35. The van der Waals surface area contributed by atoms with Crippen LogP contribution in [0.5, 0.6) is 5.75 Å². The number of benzene rings is 3. The second-order valence-corrected chi connectivity index (χ2v) is 8.65. The number of amidine groups is 1. The summed E-state index contributed by atoms with van der Waals surface area (Å²) in [7, 11) is 0. The number of aromatic nitrogens is 1. The molecule has 0 aliphatic carbocycles. The molecule has 2 heterocycles. The molecule has 0 atom stereocenters. The Morgan fingerprint density at radius 3 is 2.55 bits per heavy atom. The van der Waals surface area contributed by atoms with Gasteiger partial charge in [-0.15, -0.1) is 0 Å². The molecule has 33 heavy (non-hydrogen) atoms. The van der Waals surface area contributed by atoms with Crippen LogP contribution in [0.25, 0.3) is 17.0 Å². The van der Waals surface area contributed by atoms with E-state index in [4.69, 9.17) is 4.74 Å². The van der Waals surface area contributed by atoms with E-state index in [1.54, 1.807) is 0 Å². The van der Waals surface area contributed by atoms with E-state index in [0.29, 0.717) is 16.7 Å². The van der Waals surface area contributed by atoms with Crippen molar-refractivity contribution in [2.75, 3.05) is 6.61 Å². The number of nitrogens with one attached hydrogen (secondary N) is 1. The van der Waals surface area contributed by atoms with Crippen molar-refractivity contribution < 1.29 is 9.53 Å². The molecule has 1 aliphatic rings. The van der Waals surface area contributed by atoms with Gasteiger partial charge in [0.15, 0.2) is 5.17 Å². The van der Waals surface area contributed by atoms with Gasteiger partial charge in [0, 0.05) is 29.2 Å². The molecule has 0 unspecified atom stereocenters. The number of hydrogen-bond donors (Lipinski definition) is 1. The topological polar surface area (TPSA) is 55.6 Å². The van der Waals surface area contributed by atoms with Gasteiger partial charge in [0.05, 0.1) is 17.2 Å². The lowest BCUT2D eigenvalue weighted by Gasteiger charge is -2.05. The first-order valence-electron chi connectivity index (χ1n) is 10.8. The maximum absolute atomic E-state index is 12.6. The number of nitrogens with zero attached hydrogens (tertiary/aromatic N) is 2. The summed E-state index contributed by atoms with van der Waals surface area (Å²) in [5.41, 5.74) is 4.15. The molecule has 1 saturated heterocycles. The number of ether oxygens (including phenoxy) is 1. The van der Waals surface area contributed by atoms with Gasteiger partial charge in [0.2, 0.25) is 0 Å². The van der Waals surface area contributed by atoms with Crippen molar-refractivity contribution in [3.05, 3.63) is 101 Å². The third-order valence-corrected chi connectivity index (χ3v) is 6.24. The minimum absolute atomic E-state index is 0.135. The number of rotatable bonds is 6. The molecule has 1 N–H and O–H groups in total. The van der Waals surface area contributed by atoms with E-state index >= 15 is 0 Å². The molecule has 3 aromatic carbocycles. The molecule has 1 aliphatic heterocycles. The van der Waals surface area contributed by atoms with Crippen molar-refractivity contribution in [3.8, 4) is 5.75 Å². The van der Waals surface area contributed by atoms with E-state index in [9.17, 15) is 4.79 Å². The molecule has 5 rings (SSSR count). The highest BCUT2D eigenvalue weighted by Crippen LogP contribution is 2.31. The molecule has 1 aromatic heterocycles. The van der Waals surface area contributed by atoms with Gasteiger partial charge in [0.1, 0.15) is 5.75 Å². The van der Waals surface area contributed by atoms with Gasteiger partial charge in [-0.25, -0.2) is 4.99 Å². The van der Waals surface area contributed by atoms with Crippen LogP contribution in [0.4, 0.5) is 5.69 Å². The molecule has 6 heteroatoms. The van der Waals surface area contributed by atoms with Gasteiger partial charge in [0.25, 0.3) is 5.91 Å². The summed E-state index contributed by atoms with van der Waals surface area (Å²) in [5.74, 6) is 0.668. The fraction of sp³-hybridized carbons (Fsp3) is 0.111. The van der Waals surface area contributed by atoms with Gasteiger partial charge in [-0.1, -0.05) is 48.5 Å². The molecule has 4 aromatic rings. The van der Waals surface area contributed by atoms with E-state index in [0.717, 1.165) is 34.4 Å². The summed E-state index contributed by atoms with van der Waals surface area (Å²) in [6.07, 6.45) is 4.06. The number of para-hydroxylation sites is 1. The number of hydrogen-bond acceptors (Lipinski definition) is 4. The Hall–Kier alpha value is -3.77. The summed E-state index contributed by atoms with van der Waals surface area (Å²) in [6.45, 7) is 3.34. The zero-order valence-electron chi connectivity index (χ0n) is 18.2. The average Bonchev–Trinajstić information content (AvgIpc) is 3.36. The normalized spacial score (nSPS) is 16.0. The minimum Gasteiger partial charge on any atom is -0.494 e. The smallest absolute Gasteiger partial charge is 0.264 e. The van der Waals surface area contributed by atoms with Crippen molar-refractivity contribution in [3.63, 3.8) is 0 Å². The number of carbonyl (C=O) groups excluding carboxylic acids is 1. The predicted octanol–water partition coefficient (Wildman–Crippen LogP) is 5.98. The molecule has 0 spiro atoms. The highest BCUT2D eigenvalue weighted by atomic mass is 32.2. The number of fused-ring (bicyclic) bond motifs is 1. The van der Waals surface area contributed by atoms with Crippen molar-refractivity contribution in [2.24, 2.45) is 4.99 Å². The molecule has 5 nitrogen and oxygen atoms in total. The molecular weight excluding hydrogens is 430 g/mol. The van der Waals surface area contributed by atoms with Crippen LogP contribution in [0.15, 0.2) is 95.0 Å². The third-order valence-electron chi connectivity index (χ3n) is 5.33. The predicted molar refractivity (Wildman–Crippen MR) is 136 cm³/mol. The second-order valence-electron chi connectivity index (χ2n) is 7.62. The van der Waals surface area contributed by atoms with Crippen LogP contribution in [-0.4, -0.2) is 22.2 Å². The lowest BCUT2D eigenvalue weighted by molar-refractivity contribution is -0.115. The van der Waals surface area contributed by atoms with Crippen LogP contribution in [0.2, 0.25) is 0 Å². The Labute approximate surface area is 196 Å². The van der Waals surface area contributed by atoms with Gasteiger partial charge in [-0.2, -0.15) is 0 Å². The van der Waals surface area contributed by atoms with Crippen LogP contribution < -0.4 is 10.1 Å². The molecule has 0 saturated carbocycles. The maximum atomic E-state index is 12.6. The lowest BCUT2D eigenvalue weighted by Crippen LogP contribution is -2.19. The average molecular weight is 454 g/mol. The lowest BCUT2D eigenvalue weighted by atomic mass is 10.1. The van der Waals surface area contributed by atoms with E-state index < -0.39 is 0 Å². The Bertz CT molecular complexity index is 1360. The number of thioether (sulfide) groups is 1. The maximum Gasteiger partial charge on any atom is 0.264 e. The van der Waals surface area contributed by atoms with Crippen LogP contribution in [0.1, 0.15) is 18.1 Å². The number of amides is 1. The van der Waals surface area contributed by atoms with E-state index in [-0.39, 0.29) is 5.91 Å². The van der Waals surface area contributed by atoms with Gasteiger partial charge < -0.3 is 14.6 Å². The Kier molecular flexibility index (Phi) is 6.00. The zero-order chi connectivity index (χ0) is 22.6. The van der Waals surface area contributed by atoms with Crippen LogP contribution in [0.3, 0.4) is 0 Å². The summed E-state index contributed by atoms with van der Waals surface area (Å²) in [6, 6.07) is 26.2. The van der Waals surface area contributed by atoms with Crippen molar-refractivity contribution in [2.45, 2.75) is 13.5 Å². The largest absolute Gasteiger partial charge is 0.494 e. The molecule has 0 radical (unpaired) electrons. The molecule has 0 bridgehead atoms. The first kappa shape index (κ1) is 21.1. The van der Waals surface area contributed by atoms with Gasteiger partial charge in [-0.05, 0) is 60.7 Å². The second kappa shape index (κ2) is 9.38.